The second-order valence-electron chi connectivity index (χ2n) is 7.32. The van der Waals surface area contributed by atoms with Crippen LogP contribution in [0.3, 0.4) is 0 Å². The quantitative estimate of drug-likeness (QED) is 0.164. The predicted molar refractivity (Wildman–Crippen MR) is 111 cm³/mol. The lowest BCUT2D eigenvalue weighted by molar-refractivity contribution is -0.697. The number of aryl methyl sites for hydroxylation is 2. The average Bonchev–Trinajstić information content (AvgIpc) is 3.36. The first kappa shape index (κ1) is 24.8. The van der Waals surface area contributed by atoms with Gasteiger partial charge in [-0.25, -0.2) is 9.13 Å². The molecule has 0 saturated carbocycles. The van der Waals surface area contributed by atoms with E-state index < -0.39 is 0 Å². The van der Waals surface area contributed by atoms with Crippen LogP contribution in [0.25, 0.3) is 22.4 Å². The average molecular weight is 629 g/mol. The molecule has 0 saturated heterocycles. The zero-order chi connectivity index (χ0) is 19.3. The molecular weight excluding hydrogens is 600 g/mol. The molecule has 0 bridgehead atoms. The van der Waals surface area contributed by atoms with Gasteiger partial charge in [0.05, 0.1) is 13.1 Å². The fourth-order valence-corrected chi connectivity index (χ4v) is 3.58. The Hall–Kier alpha value is -1.49. The van der Waals surface area contributed by atoms with Crippen LogP contribution in [0.15, 0.2) is 67.5 Å². The standard InChI is InChI=1S/C23H29N5.2HI/c1-3-5-14-25-17-24-28(18-25)21-11-9-10-20(16-21)27-19-26(15-6-4-2)22-12-7-8-13-23(22)27;;/h7-13,16-19H,3-6,14-15H2,1-2H3;2*1H/q+2;;/p-2. The van der Waals surface area contributed by atoms with Gasteiger partial charge in [0.15, 0.2) is 11.0 Å². The summed E-state index contributed by atoms with van der Waals surface area (Å²) in [6, 6.07) is 17.2. The van der Waals surface area contributed by atoms with Crippen molar-refractivity contribution < 1.29 is 57.1 Å². The van der Waals surface area contributed by atoms with E-state index in [1.54, 1.807) is 0 Å². The molecule has 0 unspecified atom stereocenters. The van der Waals surface area contributed by atoms with Crippen LogP contribution in [-0.4, -0.2) is 14.3 Å². The minimum atomic E-state index is 0. The maximum absolute atomic E-state index is 4.55. The molecular formula is C23H29I2N5. The van der Waals surface area contributed by atoms with Gasteiger partial charge >= 0.3 is 0 Å². The number of benzene rings is 2. The highest BCUT2D eigenvalue weighted by Gasteiger charge is 2.18. The first-order chi connectivity index (χ1) is 13.8. The first-order valence-corrected chi connectivity index (χ1v) is 10.3. The molecule has 0 radical (unpaired) electrons. The first-order valence-electron chi connectivity index (χ1n) is 10.3. The number of rotatable bonds is 8. The third kappa shape index (κ3) is 5.40. The van der Waals surface area contributed by atoms with Crippen molar-refractivity contribution in [1.82, 2.24) is 14.3 Å². The molecule has 30 heavy (non-hydrogen) atoms. The van der Waals surface area contributed by atoms with Gasteiger partial charge in [0, 0.05) is 11.2 Å². The summed E-state index contributed by atoms with van der Waals surface area (Å²) in [4.78, 5) is 0. The van der Waals surface area contributed by atoms with Gasteiger partial charge in [0.2, 0.25) is 12.7 Å². The van der Waals surface area contributed by atoms with E-state index in [4.69, 9.17) is 0 Å². The minimum Gasteiger partial charge on any atom is -1.00 e. The largest absolute Gasteiger partial charge is 1.00 e. The van der Waals surface area contributed by atoms with Gasteiger partial charge < -0.3 is 48.0 Å². The molecule has 0 atom stereocenters. The number of hydrogen-bond donors (Lipinski definition) is 0. The molecule has 5 nitrogen and oxygen atoms in total. The Labute approximate surface area is 212 Å². The lowest BCUT2D eigenvalue weighted by atomic mass is 10.2. The van der Waals surface area contributed by atoms with E-state index in [2.05, 4.69) is 93.8 Å². The number of imidazole rings is 1. The number of halogens is 2. The monoisotopic (exact) mass is 629 g/mol. The third-order valence-electron chi connectivity index (χ3n) is 5.18. The zero-order valence-electron chi connectivity index (χ0n) is 17.6. The molecule has 0 aliphatic carbocycles. The molecule has 0 spiro atoms. The van der Waals surface area contributed by atoms with E-state index in [1.807, 2.05) is 11.0 Å². The van der Waals surface area contributed by atoms with Crippen molar-refractivity contribution in [3.63, 3.8) is 0 Å². The number of nitrogens with zero attached hydrogens (tertiary/aromatic N) is 5. The van der Waals surface area contributed by atoms with E-state index in [0.717, 1.165) is 24.5 Å². The number of fused-ring (bicyclic) bond motifs is 1. The Morgan fingerprint density at radius 2 is 1.57 bits per heavy atom. The van der Waals surface area contributed by atoms with Crippen LogP contribution in [0.5, 0.6) is 0 Å². The number of unbranched alkanes of at least 4 members (excludes halogenated alkanes) is 2. The highest BCUT2D eigenvalue weighted by molar-refractivity contribution is 5.74. The van der Waals surface area contributed by atoms with Gasteiger partial charge in [-0.1, -0.05) is 49.6 Å². The maximum atomic E-state index is 4.55. The van der Waals surface area contributed by atoms with Gasteiger partial charge in [-0.05, 0) is 37.1 Å². The maximum Gasteiger partial charge on any atom is 0.265 e. The lowest BCUT2D eigenvalue weighted by Crippen LogP contribution is -3.00. The van der Waals surface area contributed by atoms with E-state index >= 15 is 0 Å². The molecule has 2 aromatic heterocycles. The number of para-hydroxylation sites is 2. The lowest BCUT2D eigenvalue weighted by Gasteiger charge is -1.99. The van der Waals surface area contributed by atoms with Crippen LogP contribution >= 0.6 is 0 Å². The molecule has 0 N–H and O–H groups in total. The van der Waals surface area contributed by atoms with Crippen molar-refractivity contribution in [3.8, 4) is 11.4 Å². The van der Waals surface area contributed by atoms with Gasteiger partial charge in [-0.15, -0.1) is 0 Å². The van der Waals surface area contributed by atoms with Crippen LogP contribution in [0.4, 0.5) is 0 Å². The van der Waals surface area contributed by atoms with E-state index in [9.17, 15) is 0 Å². The topological polar surface area (TPSA) is 30.5 Å². The molecule has 2 heterocycles. The van der Waals surface area contributed by atoms with Crippen LogP contribution in [-0.2, 0) is 13.1 Å². The normalized spacial score (nSPS) is 10.6. The van der Waals surface area contributed by atoms with Crippen molar-refractivity contribution in [2.75, 3.05) is 0 Å². The Morgan fingerprint density at radius 1 is 0.833 bits per heavy atom. The van der Waals surface area contributed by atoms with Crippen molar-refractivity contribution >= 4 is 11.0 Å². The van der Waals surface area contributed by atoms with E-state index in [0.29, 0.717) is 0 Å². The van der Waals surface area contributed by atoms with Crippen molar-refractivity contribution in [2.45, 2.75) is 52.6 Å². The summed E-state index contributed by atoms with van der Waals surface area (Å²) in [6.07, 6.45) is 10.9. The summed E-state index contributed by atoms with van der Waals surface area (Å²) in [6.45, 7) is 6.50. The van der Waals surface area contributed by atoms with Gasteiger partial charge in [-0.3, -0.25) is 0 Å². The van der Waals surface area contributed by atoms with Gasteiger partial charge in [-0.2, -0.15) is 4.57 Å². The van der Waals surface area contributed by atoms with E-state index in [-0.39, 0.29) is 48.0 Å². The molecule has 7 heteroatoms. The minimum absolute atomic E-state index is 0. The summed E-state index contributed by atoms with van der Waals surface area (Å²) < 4.78 is 8.75. The fourth-order valence-electron chi connectivity index (χ4n) is 3.58. The molecule has 0 fully saturated rings. The second-order valence-corrected chi connectivity index (χ2v) is 7.32. The van der Waals surface area contributed by atoms with Gasteiger partial charge in [0.1, 0.15) is 11.4 Å². The molecule has 2 aromatic carbocycles. The molecule has 4 rings (SSSR count). The zero-order valence-corrected chi connectivity index (χ0v) is 21.9. The summed E-state index contributed by atoms with van der Waals surface area (Å²) in [5.41, 5.74) is 4.73. The van der Waals surface area contributed by atoms with Crippen LogP contribution < -0.4 is 57.1 Å². The third-order valence-corrected chi connectivity index (χ3v) is 5.18. The van der Waals surface area contributed by atoms with Crippen molar-refractivity contribution in [2.24, 2.45) is 0 Å². The smallest absolute Gasteiger partial charge is 0.265 e. The number of hydrogen-bond acceptors (Lipinski definition) is 1. The highest BCUT2D eigenvalue weighted by Crippen LogP contribution is 2.19. The van der Waals surface area contributed by atoms with Crippen LogP contribution in [0.1, 0.15) is 39.5 Å². The molecule has 0 amide bonds. The number of aromatic nitrogens is 5. The highest BCUT2D eigenvalue weighted by atomic mass is 127. The van der Waals surface area contributed by atoms with Crippen molar-refractivity contribution in [1.29, 1.82) is 0 Å². The summed E-state index contributed by atoms with van der Waals surface area (Å²) in [5.74, 6) is 0. The second kappa shape index (κ2) is 11.8. The van der Waals surface area contributed by atoms with E-state index in [1.165, 1.54) is 36.7 Å². The van der Waals surface area contributed by atoms with Crippen LogP contribution in [0, 0.1) is 0 Å². The Kier molecular flexibility index (Phi) is 9.73. The summed E-state index contributed by atoms with van der Waals surface area (Å²) >= 11 is 0. The molecule has 0 aliphatic heterocycles. The van der Waals surface area contributed by atoms with Gasteiger partial charge in [0.25, 0.3) is 6.33 Å². The Morgan fingerprint density at radius 3 is 2.37 bits per heavy atom. The fraction of sp³-hybridized carbons (Fsp3) is 0.348. The van der Waals surface area contributed by atoms with Crippen molar-refractivity contribution in [3.05, 3.63) is 67.5 Å². The molecule has 160 valence electrons. The summed E-state index contributed by atoms with van der Waals surface area (Å²) in [7, 11) is 0. The summed E-state index contributed by atoms with van der Waals surface area (Å²) in [5, 5.41) is 4.55. The molecule has 0 aliphatic rings. The Balaban J connectivity index is 0.00000160. The predicted octanol–water partition coefficient (Wildman–Crippen LogP) is -2.00. The molecule has 4 aromatic rings. The van der Waals surface area contributed by atoms with Crippen LogP contribution in [0.2, 0.25) is 0 Å². The SMILES string of the molecule is CCCC[n+]1cnn(-c2cccc(-n3c[n+](CCCC)c4ccccc43)c2)c1.[I-].[I-]. The Bertz CT molecular complexity index is 1070.